The molecule has 2 aromatic rings. The number of para-hydroxylation sites is 1. The highest BCUT2D eigenvalue weighted by Crippen LogP contribution is 2.28. The largest absolute Gasteiger partial charge is 0.455 e. The molecule has 1 fully saturated rings. The first-order valence-electron chi connectivity index (χ1n) is 7.13. The molecule has 1 atom stereocenters. The third-order valence-electron chi connectivity index (χ3n) is 3.23. The maximum Gasteiger partial charge on any atom is 0.254 e. The number of hydrogen-bond acceptors (Lipinski definition) is 5. The van der Waals surface area contributed by atoms with Gasteiger partial charge in [0, 0.05) is 25.4 Å². The van der Waals surface area contributed by atoms with Crippen LogP contribution in [-0.4, -0.2) is 36.7 Å². The van der Waals surface area contributed by atoms with E-state index in [2.05, 4.69) is 15.6 Å². The van der Waals surface area contributed by atoms with E-state index < -0.39 is 6.10 Å². The number of rotatable bonds is 4. The fourth-order valence-electron chi connectivity index (χ4n) is 2.13. The van der Waals surface area contributed by atoms with Crippen LogP contribution in [0.1, 0.15) is 0 Å². The number of ether oxygens (including phenoxy) is 2. The molecule has 1 unspecified atom stereocenters. The lowest BCUT2D eigenvalue weighted by Crippen LogP contribution is -2.45. The van der Waals surface area contributed by atoms with E-state index in [1.165, 1.54) is 0 Å². The van der Waals surface area contributed by atoms with Crippen molar-refractivity contribution in [3.8, 4) is 11.5 Å². The number of hydrogen-bond donors (Lipinski definition) is 2. The topological polar surface area (TPSA) is 72.5 Å². The van der Waals surface area contributed by atoms with Crippen LogP contribution in [0, 0.1) is 0 Å². The quantitative estimate of drug-likeness (QED) is 0.864. The van der Waals surface area contributed by atoms with Gasteiger partial charge >= 0.3 is 0 Å². The molecular weight excluding hydrogens is 353 g/mol. The predicted molar refractivity (Wildman–Crippen MR) is 96.5 cm³/mol. The molecule has 1 amide bonds. The molecule has 0 radical (unpaired) electrons. The maximum absolute atomic E-state index is 12.2. The summed E-state index contributed by atoms with van der Waals surface area (Å²) in [6.07, 6.45) is 2.68. The number of pyridine rings is 1. The molecule has 3 rings (SSSR count). The zero-order valence-electron chi connectivity index (χ0n) is 12.8. The third kappa shape index (κ3) is 5.35. The number of nitrogens with one attached hydrogen (secondary N) is 2. The fourth-order valence-corrected chi connectivity index (χ4v) is 2.13. The van der Waals surface area contributed by atoms with Crippen molar-refractivity contribution in [2.75, 3.05) is 25.0 Å². The second kappa shape index (κ2) is 10.1. The minimum atomic E-state index is -0.501. The highest BCUT2D eigenvalue weighted by atomic mass is 35.5. The van der Waals surface area contributed by atoms with Gasteiger partial charge in [-0.1, -0.05) is 18.2 Å². The Morgan fingerprint density at radius 2 is 2.04 bits per heavy atom. The highest BCUT2D eigenvalue weighted by Gasteiger charge is 2.22. The number of amides is 1. The number of aromatic nitrogens is 1. The summed E-state index contributed by atoms with van der Waals surface area (Å²) in [5, 5.41) is 5.93. The number of anilines is 1. The Hall–Kier alpha value is -1.86. The van der Waals surface area contributed by atoms with Crippen molar-refractivity contribution >= 4 is 36.4 Å². The van der Waals surface area contributed by atoms with Gasteiger partial charge in [0.2, 0.25) is 0 Å². The monoisotopic (exact) mass is 371 g/mol. The van der Waals surface area contributed by atoms with Crippen LogP contribution in [0.4, 0.5) is 5.69 Å². The number of carbonyl (C=O) groups excluding carboxylic acids is 1. The van der Waals surface area contributed by atoms with Crippen LogP contribution in [0.25, 0.3) is 0 Å². The Kier molecular flexibility index (Phi) is 8.49. The van der Waals surface area contributed by atoms with Gasteiger partial charge in [-0.3, -0.25) is 9.78 Å². The lowest BCUT2D eigenvalue weighted by atomic mass is 10.2. The maximum atomic E-state index is 12.2. The summed E-state index contributed by atoms with van der Waals surface area (Å²) in [4.78, 5) is 16.2. The SMILES string of the molecule is Cl.Cl.O=C(Nc1cnccc1Oc1ccccc1)C1CNCCO1. The van der Waals surface area contributed by atoms with E-state index in [0.717, 1.165) is 6.54 Å². The van der Waals surface area contributed by atoms with Crippen LogP contribution in [0.5, 0.6) is 11.5 Å². The molecule has 1 aliphatic heterocycles. The Balaban J connectivity index is 0.00000144. The van der Waals surface area contributed by atoms with Gasteiger partial charge in [0.1, 0.15) is 17.5 Å². The second-order valence-corrected chi connectivity index (χ2v) is 4.84. The van der Waals surface area contributed by atoms with Gasteiger partial charge in [-0.15, -0.1) is 24.8 Å². The van der Waals surface area contributed by atoms with Gasteiger partial charge in [0.05, 0.1) is 12.8 Å². The van der Waals surface area contributed by atoms with Crippen LogP contribution >= 0.6 is 24.8 Å². The van der Waals surface area contributed by atoms with Gasteiger partial charge in [0.25, 0.3) is 5.91 Å². The molecular formula is C16H19Cl2N3O3. The molecule has 8 heteroatoms. The van der Waals surface area contributed by atoms with E-state index in [1.54, 1.807) is 18.5 Å². The third-order valence-corrected chi connectivity index (χ3v) is 3.23. The summed E-state index contributed by atoms with van der Waals surface area (Å²) in [7, 11) is 0. The molecule has 24 heavy (non-hydrogen) atoms. The summed E-state index contributed by atoms with van der Waals surface area (Å²) >= 11 is 0. The molecule has 6 nitrogen and oxygen atoms in total. The van der Waals surface area contributed by atoms with Crippen LogP contribution in [0.2, 0.25) is 0 Å². The van der Waals surface area contributed by atoms with E-state index in [0.29, 0.717) is 30.3 Å². The number of carbonyl (C=O) groups is 1. The lowest BCUT2D eigenvalue weighted by molar-refractivity contribution is -0.128. The number of nitrogens with zero attached hydrogens (tertiary/aromatic N) is 1. The first-order valence-corrected chi connectivity index (χ1v) is 7.13. The first-order chi connectivity index (χ1) is 10.8. The van der Waals surface area contributed by atoms with Crippen molar-refractivity contribution in [1.29, 1.82) is 0 Å². The molecule has 0 saturated carbocycles. The number of morpholine rings is 1. The number of benzene rings is 1. The first kappa shape index (κ1) is 20.2. The molecule has 0 spiro atoms. The van der Waals surface area contributed by atoms with E-state index >= 15 is 0 Å². The Morgan fingerprint density at radius 3 is 2.75 bits per heavy atom. The van der Waals surface area contributed by atoms with Crippen LogP contribution in [0.15, 0.2) is 48.8 Å². The van der Waals surface area contributed by atoms with Gasteiger partial charge in [0.15, 0.2) is 5.75 Å². The minimum Gasteiger partial charge on any atom is -0.455 e. The van der Waals surface area contributed by atoms with Crippen molar-refractivity contribution in [3.05, 3.63) is 48.8 Å². The minimum absolute atomic E-state index is 0. The van der Waals surface area contributed by atoms with E-state index in [1.807, 2.05) is 30.3 Å². The van der Waals surface area contributed by atoms with Crippen LogP contribution in [-0.2, 0) is 9.53 Å². The molecule has 1 aliphatic rings. The van der Waals surface area contributed by atoms with Gasteiger partial charge in [-0.25, -0.2) is 0 Å². The zero-order valence-corrected chi connectivity index (χ0v) is 14.4. The van der Waals surface area contributed by atoms with E-state index in [9.17, 15) is 4.79 Å². The molecule has 0 bridgehead atoms. The highest BCUT2D eigenvalue weighted by molar-refractivity contribution is 5.95. The van der Waals surface area contributed by atoms with Crippen molar-refractivity contribution in [2.45, 2.75) is 6.10 Å². The lowest BCUT2D eigenvalue weighted by Gasteiger charge is -2.23. The van der Waals surface area contributed by atoms with Crippen molar-refractivity contribution in [1.82, 2.24) is 10.3 Å². The summed E-state index contributed by atoms with van der Waals surface area (Å²) in [5.74, 6) is 1.02. The zero-order chi connectivity index (χ0) is 15.2. The molecule has 2 heterocycles. The predicted octanol–water partition coefficient (Wildman–Crippen LogP) is 2.64. The van der Waals surface area contributed by atoms with Gasteiger partial charge in [-0.2, -0.15) is 0 Å². The van der Waals surface area contributed by atoms with Gasteiger partial charge in [-0.05, 0) is 12.1 Å². The average Bonchev–Trinajstić information content (AvgIpc) is 2.58. The van der Waals surface area contributed by atoms with Gasteiger partial charge < -0.3 is 20.1 Å². The summed E-state index contributed by atoms with van der Waals surface area (Å²) < 4.78 is 11.2. The Bertz CT molecular complexity index is 637. The Morgan fingerprint density at radius 1 is 1.25 bits per heavy atom. The standard InChI is InChI=1S/C16H17N3O3.2ClH/c20-16(15-11-18-8-9-21-15)19-13-10-17-7-6-14(13)22-12-4-2-1-3-5-12;;/h1-7,10,15,18H,8-9,11H2,(H,19,20);2*1H. The summed E-state index contributed by atoms with van der Waals surface area (Å²) in [5.41, 5.74) is 0.519. The molecule has 0 aliphatic carbocycles. The van der Waals surface area contributed by atoms with Crippen molar-refractivity contribution < 1.29 is 14.3 Å². The molecule has 1 aromatic heterocycles. The normalized spacial score (nSPS) is 16.2. The Labute approximate surface area is 152 Å². The number of halogens is 2. The molecule has 1 saturated heterocycles. The molecule has 2 N–H and O–H groups in total. The fraction of sp³-hybridized carbons (Fsp3) is 0.250. The second-order valence-electron chi connectivity index (χ2n) is 4.84. The van der Waals surface area contributed by atoms with Crippen LogP contribution in [0.3, 0.4) is 0 Å². The molecule has 130 valence electrons. The van der Waals surface area contributed by atoms with Crippen LogP contribution < -0.4 is 15.4 Å². The summed E-state index contributed by atoms with van der Waals surface area (Å²) in [6.45, 7) is 1.79. The van der Waals surface area contributed by atoms with Crippen molar-refractivity contribution in [3.63, 3.8) is 0 Å². The van der Waals surface area contributed by atoms with E-state index in [4.69, 9.17) is 9.47 Å². The average molecular weight is 372 g/mol. The molecule has 1 aromatic carbocycles. The van der Waals surface area contributed by atoms with E-state index in [-0.39, 0.29) is 30.7 Å². The summed E-state index contributed by atoms with van der Waals surface area (Å²) in [6, 6.07) is 11.1. The smallest absolute Gasteiger partial charge is 0.254 e. The van der Waals surface area contributed by atoms with Crippen molar-refractivity contribution in [2.24, 2.45) is 0 Å².